The monoisotopic (exact) mass is 734 g/mol. The van der Waals surface area contributed by atoms with Crippen LogP contribution in [0.3, 0.4) is 0 Å². The van der Waals surface area contributed by atoms with Crippen molar-refractivity contribution in [2.45, 2.75) is 0 Å². The van der Waals surface area contributed by atoms with Gasteiger partial charge in [0, 0.05) is 59.3 Å². The van der Waals surface area contributed by atoms with E-state index < -0.39 is 0 Å². The van der Waals surface area contributed by atoms with Gasteiger partial charge in [0.1, 0.15) is 0 Å². The first-order valence-electron chi connectivity index (χ1n) is 18.7. The number of thiophene rings is 1. The zero-order valence-electron chi connectivity index (χ0n) is 30.3. The second-order valence-electron chi connectivity index (χ2n) is 13.8. The fourth-order valence-corrected chi connectivity index (χ4v) is 8.81. The van der Waals surface area contributed by atoms with Gasteiger partial charge in [0.25, 0.3) is 0 Å². The number of hydrogen-bond donors (Lipinski definition) is 2. The van der Waals surface area contributed by atoms with Crippen LogP contribution in [0.5, 0.6) is 0 Å². The van der Waals surface area contributed by atoms with E-state index >= 15 is 0 Å². The van der Waals surface area contributed by atoms with E-state index in [1.807, 2.05) is 65.9 Å². The van der Waals surface area contributed by atoms with Crippen LogP contribution in [0.25, 0.3) is 77.1 Å². The molecule has 0 bridgehead atoms. The van der Waals surface area contributed by atoms with Crippen molar-refractivity contribution in [3.05, 3.63) is 216 Å². The van der Waals surface area contributed by atoms with Crippen molar-refractivity contribution in [1.29, 1.82) is 5.41 Å². The molecule has 2 aromatic heterocycles. The molecule has 9 aromatic rings. The van der Waals surface area contributed by atoms with E-state index in [-0.39, 0.29) is 0 Å². The molecule has 2 N–H and O–H groups in total. The fourth-order valence-electron chi connectivity index (χ4n) is 7.58. The molecule has 0 atom stereocenters. The molecule has 4 nitrogen and oxygen atoms in total. The molecule has 0 saturated carbocycles. The van der Waals surface area contributed by atoms with Crippen LogP contribution in [0, 0.1) is 5.41 Å². The van der Waals surface area contributed by atoms with Crippen molar-refractivity contribution >= 4 is 60.3 Å². The molecule has 0 amide bonds. The summed E-state index contributed by atoms with van der Waals surface area (Å²) < 4.78 is 2.49. The van der Waals surface area contributed by atoms with Gasteiger partial charge in [-0.3, -0.25) is 5.41 Å². The minimum absolute atomic E-state index is 0.461. The maximum Gasteiger partial charge on any atom is 0.160 e. The first-order valence-corrected chi connectivity index (χ1v) is 19.5. The number of allylic oxidation sites excluding steroid dienone is 1. The highest BCUT2D eigenvalue weighted by Gasteiger charge is 2.24. The number of nitrogens with one attached hydrogen (secondary N) is 2. The largest absolute Gasteiger partial charge is 0.354 e. The molecule has 3 heterocycles. The van der Waals surface area contributed by atoms with Crippen molar-refractivity contribution < 1.29 is 0 Å². The third-order valence-electron chi connectivity index (χ3n) is 10.3. The second-order valence-corrected chi connectivity index (χ2v) is 14.9. The van der Waals surface area contributed by atoms with E-state index in [0.29, 0.717) is 11.5 Å². The minimum Gasteiger partial charge on any atom is -0.354 e. The predicted octanol–water partition coefficient (Wildman–Crippen LogP) is 12.9. The Labute approximate surface area is 329 Å². The molecule has 10 rings (SSSR count). The summed E-state index contributed by atoms with van der Waals surface area (Å²) in [6.45, 7) is 0. The lowest BCUT2D eigenvalue weighted by molar-refractivity contribution is 1.18. The lowest BCUT2D eigenvalue weighted by atomic mass is 9.88. The summed E-state index contributed by atoms with van der Waals surface area (Å²) in [5, 5.41) is 15.8. The van der Waals surface area contributed by atoms with Crippen LogP contribution in [0.4, 0.5) is 0 Å². The average molecular weight is 735 g/mol. The van der Waals surface area contributed by atoms with Gasteiger partial charge in [-0.05, 0) is 34.9 Å². The highest BCUT2D eigenvalue weighted by molar-refractivity contribution is 7.26. The Balaban J connectivity index is 1.08. The summed E-state index contributed by atoms with van der Waals surface area (Å²) >= 11 is 1.81. The summed E-state index contributed by atoms with van der Waals surface area (Å²) in [5.74, 6) is 0.671. The number of benzene rings is 7. The topological polar surface area (TPSA) is 61.7 Å². The molecule has 0 radical (unpaired) electrons. The highest BCUT2D eigenvalue weighted by Crippen LogP contribution is 2.41. The molecular formula is C51H34N4S. The Morgan fingerprint density at radius 1 is 0.500 bits per heavy atom. The van der Waals surface area contributed by atoms with Crippen molar-refractivity contribution in [2.24, 2.45) is 0 Å². The van der Waals surface area contributed by atoms with Gasteiger partial charge >= 0.3 is 0 Å². The summed E-state index contributed by atoms with van der Waals surface area (Å²) in [6.07, 6.45) is 2.19. The van der Waals surface area contributed by atoms with Crippen molar-refractivity contribution in [3.8, 4) is 33.9 Å². The van der Waals surface area contributed by atoms with Crippen LogP contribution in [0.2, 0.25) is 0 Å². The van der Waals surface area contributed by atoms with Gasteiger partial charge in [0.15, 0.2) is 5.82 Å². The second kappa shape index (κ2) is 14.2. The van der Waals surface area contributed by atoms with E-state index in [0.717, 1.165) is 72.9 Å². The van der Waals surface area contributed by atoms with Gasteiger partial charge in [-0.2, -0.15) is 0 Å². The Morgan fingerprint density at radius 2 is 1.11 bits per heavy atom. The molecule has 7 aromatic carbocycles. The van der Waals surface area contributed by atoms with E-state index in [4.69, 9.17) is 9.97 Å². The quantitative estimate of drug-likeness (QED) is 0.160. The fraction of sp³-hybridized carbons (Fsp3) is 0. The highest BCUT2D eigenvalue weighted by atomic mass is 32.1. The standard InChI is InChI=1S/C51H34N4S/c52-48(36-19-8-3-9-20-36)47(35-17-6-2-7-18-35)49-39-22-11-10-21-38(39)31-43(53-49)34-27-29-37(30-28-34)51-54-44(33-15-4-1-5-16-33)32-45(55-51)42-25-14-24-41-40-23-12-13-26-46(40)56-50(41)42/h1-32,52-53H/b49-47-,52-48?. The summed E-state index contributed by atoms with van der Waals surface area (Å²) in [4.78, 5) is 10.4. The van der Waals surface area contributed by atoms with Gasteiger partial charge in [-0.1, -0.05) is 176 Å². The molecule has 0 aliphatic carbocycles. The van der Waals surface area contributed by atoms with Gasteiger partial charge in [0.05, 0.1) is 22.8 Å². The third kappa shape index (κ3) is 6.10. The maximum atomic E-state index is 9.50. The smallest absolute Gasteiger partial charge is 0.160 e. The molecule has 0 spiro atoms. The third-order valence-corrected chi connectivity index (χ3v) is 11.6. The number of aromatic nitrogens is 2. The number of hydrogen-bond acceptors (Lipinski definition) is 5. The van der Waals surface area contributed by atoms with E-state index in [9.17, 15) is 5.41 Å². The van der Waals surface area contributed by atoms with Crippen molar-refractivity contribution in [1.82, 2.24) is 15.3 Å². The minimum atomic E-state index is 0.461. The number of rotatable bonds is 7. The van der Waals surface area contributed by atoms with Crippen LogP contribution >= 0.6 is 11.3 Å². The zero-order chi connectivity index (χ0) is 37.4. The summed E-state index contributed by atoms with van der Waals surface area (Å²) in [6, 6.07) is 64.6. The summed E-state index contributed by atoms with van der Waals surface area (Å²) in [5.41, 5.74) is 13.0. The predicted molar refractivity (Wildman–Crippen MR) is 235 cm³/mol. The van der Waals surface area contributed by atoms with Crippen LogP contribution in [-0.2, 0) is 0 Å². The number of fused-ring (bicyclic) bond motifs is 4. The van der Waals surface area contributed by atoms with Gasteiger partial charge in [-0.25, -0.2) is 9.97 Å². The normalized spacial score (nSPS) is 13.2. The van der Waals surface area contributed by atoms with E-state index in [2.05, 4.69) is 145 Å². The SMILES string of the molecule is N=C(/C(=C1\NC(c2ccc(-c3nc(-c4ccccc4)cc(-c4cccc5c4sc4ccccc45)n3)cc2)=Cc2ccccc21)c1ccccc1)c1ccccc1. The Hall–Kier alpha value is -7.21. The molecule has 56 heavy (non-hydrogen) atoms. The van der Waals surface area contributed by atoms with Crippen molar-refractivity contribution in [3.63, 3.8) is 0 Å². The van der Waals surface area contributed by atoms with E-state index in [1.165, 1.54) is 20.2 Å². The molecular weight excluding hydrogens is 701 g/mol. The van der Waals surface area contributed by atoms with Crippen LogP contribution < -0.4 is 5.32 Å². The van der Waals surface area contributed by atoms with Crippen LogP contribution in [-0.4, -0.2) is 15.7 Å². The molecule has 5 heteroatoms. The van der Waals surface area contributed by atoms with E-state index in [1.54, 1.807) is 0 Å². The van der Waals surface area contributed by atoms with Gasteiger partial charge in [-0.15, -0.1) is 11.3 Å². The molecule has 0 saturated heterocycles. The zero-order valence-corrected chi connectivity index (χ0v) is 31.1. The first-order chi connectivity index (χ1) is 27.7. The van der Waals surface area contributed by atoms with Gasteiger partial charge in [0.2, 0.25) is 0 Å². The lowest BCUT2D eigenvalue weighted by Gasteiger charge is -2.26. The maximum absolute atomic E-state index is 9.50. The molecule has 264 valence electrons. The Morgan fingerprint density at radius 3 is 1.89 bits per heavy atom. The number of nitrogens with zero attached hydrogens (tertiary/aromatic N) is 2. The molecule has 1 aliphatic heterocycles. The van der Waals surface area contributed by atoms with Crippen LogP contribution in [0.1, 0.15) is 27.8 Å². The molecule has 0 fully saturated rings. The van der Waals surface area contributed by atoms with Crippen LogP contribution in [0.15, 0.2) is 188 Å². The van der Waals surface area contributed by atoms with Crippen molar-refractivity contribution in [2.75, 3.05) is 0 Å². The first kappa shape index (κ1) is 33.4. The lowest BCUT2D eigenvalue weighted by Crippen LogP contribution is -2.20. The Bertz CT molecular complexity index is 2980. The Kier molecular flexibility index (Phi) is 8.47. The molecule has 0 unspecified atom stereocenters. The van der Waals surface area contributed by atoms with Gasteiger partial charge < -0.3 is 5.32 Å². The average Bonchev–Trinajstić information content (AvgIpc) is 3.66. The summed E-state index contributed by atoms with van der Waals surface area (Å²) in [7, 11) is 0. The molecule has 1 aliphatic rings.